The molecule has 0 radical (unpaired) electrons. The van der Waals surface area contributed by atoms with E-state index in [1.54, 1.807) is 0 Å². The SMILES string of the molecule is COC(=O)Cn1nc(Br)[nH]c1=O. The number of nitrogens with one attached hydrogen (secondary N) is 1. The van der Waals surface area contributed by atoms with Gasteiger partial charge in [0.25, 0.3) is 0 Å². The topological polar surface area (TPSA) is 77.0 Å². The van der Waals surface area contributed by atoms with Crippen LogP contribution in [0.5, 0.6) is 0 Å². The minimum Gasteiger partial charge on any atom is -0.468 e. The summed E-state index contributed by atoms with van der Waals surface area (Å²) in [5.74, 6) is -0.517. The Balaban J connectivity index is 2.82. The Morgan fingerprint density at radius 2 is 2.50 bits per heavy atom. The van der Waals surface area contributed by atoms with E-state index >= 15 is 0 Å². The molecule has 0 fully saturated rings. The molecule has 0 aliphatic carbocycles. The maximum absolute atomic E-state index is 10.9. The Morgan fingerprint density at radius 1 is 1.83 bits per heavy atom. The fourth-order valence-corrected chi connectivity index (χ4v) is 0.984. The van der Waals surface area contributed by atoms with Crippen molar-refractivity contribution in [2.24, 2.45) is 0 Å². The number of aromatic nitrogens is 3. The fraction of sp³-hybridized carbons (Fsp3) is 0.400. The highest BCUT2D eigenvalue weighted by Gasteiger charge is 2.07. The quantitative estimate of drug-likeness (QED) is 0.702. The van der Waals surface area contributed by atoms with Crippen LogP contribution in [0.25, 0.3) is 0 Å². The van der Waals surface area contributed by atoms with Gasteiger partial charge in [0.15, 0.2) is 4.73 Å². The lowest BCUT2D eigenvalue weighted by molar-refractivity contribution is -0.141. The number of hydrogen-bond donors (Lipinski definition) is 1. The second kappa shape index (κ2) is 3.53. The second-order valence-corrected chi connectivity index (χ2v) is 2.71. The number of methoxy groups -OCH3 is 1. The second-order valence-electron chi connectivity index (χ2n) is 1.95. The summed E-state index contributed by atoms with van der Waals surface area (Å²) in [6.07, 6.45) is 0. The van der Waals surface area contributed by atoms with E-state index in [0.29, 0.717) is 0 Å². The molecule has 1 rings (SSSR count). The fourth-order valence-electron chi connectivity index (χ4n) is 0.623. The van der Waals surface area contributed by atoms with Crippen LogP contribution in [-0.2, 0) is 16.1 Å². The molecule has 1 N–H and O–H groups in total. The maximum atomic E-state index is 10.9. The standard InChI is InChI=1S/C5H6BrN3O3/c1-12-3(10)2-9-5(11)7-4(6)8-9/h2H2,1H3,(H,7,8,11). The first kappa shape index (κ1) is 8.98. The van der Waals surface area contributed by atoms with Crippen molar-refractivity contribution in [2.75, 3.05) is 7.11 Å². The van der Waals surface area contributed by atoms with Crippen molar-refractivity contribution in [1.82, 2.24) is 14.8 Å². The van der Waals surface area contributed by atoms with Crippen LogP contribution in [0, 0.1) is 0 Å². The van der Waals surface area contributed by atoms with E-state index in [0.717, 1.165) is 4.68 Å². The van der Waals surface area contributed by atoms with Crippen LogP contribution in [0.2, 0.25) is 0 Å². The normalized spacial score (nSPS) is 9.83. The molecule has 1 aromatic heterocycles. The summed E-state index contributed by atoms with van der Waals surface area (Å²) >= 11 is 2.96. The van der Waals surface area contributed by atoms with Gasteiger partial charge >= 0.3 is 11.7 Å². The van der Waals surface area contributed by atoms with Gasteiger partial charge in [-0.2, -0.15) is 0 Å². The monoisotopic (exact) mass is 235 g/mol. The van der Waals surface area contributed by atoms with Gasteiger partial charge in [-0.25, -0.2) is 9.48 Å². The third kappa shape index (κ3) is 1.94. The molecule has 7 heteroatoms. The number of ether oxygens (including phenoxy) is 1. The number of carbonyl (C=O) groups is 1. The van der Waals surface area contributed by atoms with Gasteiger partial charge in [-0.05, 0) is 15.9 Å². The average molecular weight is 236 g/mol. The van der Waals surface area contributed by atoms with Crippen molar-refractivity contribution in [3.63, 3.8) is 0 Å². The van der Waals surface area contributed by atoms with Crippen LogP contribution in [0.4, 0.5) is 0 Å². The zero-order valence-corrected chi connectivity index (χ0v) is 7.79. The molecule has 0 saturated carbocycles. The summed E-state index contributed by atoms with van der Waals surface area (Å²) < 4.78 is 5.61. The first-order chi connectivity index (χ1) is 5.63. The van der Waals surface area contributed by atoms with Gasteiger partial charge in [-0.3, -0.25) is 9.78 Å². The van der Waals surface area contributed by atoms with E-state index in [2.05, 4.69) is 30.7 Å². The Bertz CT molecular complexity index is 342. The molecule has 0 atom stereocenters. The lowest BCUT2D eigenvalue weighted by Crippen LogP contribution is -2.23. The first-order valence-electron chi connectivity index (χ1n) is 3.03. The summed E-state index contributed by atoms with van der Waals surface area (Å²) in [4.78, 5) is 23.9. The van der Waals surface area contributed by atoms with Gasteiger partial charge in [0.1, 0.15) is 6.54 Å². The van der Waals surface area contributed by atoms with Gasteiger partial charge in [-0.1, -0.05) is 0 Å². The highest BCUT2D eigenvalue weighted by atomic mass is 79.9. The Kier molecular flexibility index (Phi) is 2.64. The van der Waals surface area contributed by atoms with Crippen LogP contribution in [-0.4, -0.2) is 27.8 Å². The third-order valence-electron chi connectivity index (χ3n) is 1.16. The molecule has 0 unspecified atom stereocenters. The number of halogens is 1. The summed E-state index contributed by atoms with van der Waals surface area (Å²) in [5.41, 5.74) is -0.452. The summed E-state index contributed by atoms with van der Waals surface area (Å²) in [6, 6.07) is 0. The lowest BCUT2D eigenvalue weighted by Gasteiger charge is -1.95. The van der Waals surface area contributed by atoms with E-state index in [4.69, 9.17) is 0 Å². The minimum atomic E-state index is -0.517. The zero-order chi connectivity index (χ0) is 9.14. The predicted octanol–water partition coefficient (Wildman–Crippen LogP) is -0.493. The van der Waals surface area contributed by atoms with Gasteiger partial charge in [0, 0.05) is 0 Å². The number of hydrogen-bond acceptors (Lipinski definition) is 4. The number of H-pyrrole nitrogens is 1. The molecule has 0 aliphatic rings. The number of esters is 1. The highest BCUT2D eigenvalue weighted by Crippen LogP contribution is 1.94. The van der Waals surface area contributed by atoms with Gasteiger partial charge in [0.05, 0.1) is 7.11 Å². The maximum Gasteiger partial charge on any atom is 0.344 e. The van der Waals surface area contributed by atoms with Crippen molar-refractivity contribution < 1.29 is 9.53 Å². The predicted molar refractivity (Wildman–Crippen MR) is 42.6 cm³/mol. The van der Waals surface area contributed by atoms with E-state index in [1.165, 1.54) is 7.11 Å². The van der Waals surface area contributed by atoms with Gasteiger partial charge < -0.3 is 4.74 Å². The molecular formula is C5H6BrN3O3. The molecule has 0 bridgehead atoms. The van der Waals surface area contributed by atoms with Crippen molar-refractivity contribution in [3.05, 3.63) is 15.2 Å². The Hall–Kier alpha value is -1.11. The Morgan fingerprint density at radius 3 is 2.92 bits per heavy atom. The number of rotatable bonds is 2. The molecule has 0 spiro atoms. The molecule has 0 saturated heterocycles. The van der Waals surface area contributed by atoms with Crippen molar-refractivity contribution in [3.8, 4) is 0 Å². The molecule has 1 aromatic rings. The molecule has 1 heterocycles. The smallest absolute Gasteiger partial charge is 0.344 e. The van der Waals surface area contributed by atoms with E-state index < -0.39 is 11.7 Å². The van der Waals surface area contributed by atoms with E-state index in [-0.39, 0.29) is 11.3 Å². The minimum absolute atomic E-state index is 0.183. The molecule has 0 amide bonds. The van der Waals surface area contributed by atoms with Crippen LogP contribution in [0.3, 0.4) is 0 Å². The van der Waals surface area contributed by atoms with Crippen molar-refractivity contribution >= 4 is 21.9 Å². The first-order valence-corrected chi connectivity index (χ1v) is 3.82. The number of nitrogens with zero attached hydrogens (tertiary/aromatic N) is 2. The van der Waals surface area contributed by atoms with Gasteiger partial charge in [0.2, 0.25) is 0 Å². The van der Waals surface area contributed by atoms with Crippen LogP contribution < -0.4 is 5.69 Å². The van der Waals surface area contributed by atoms with Crippen molar-refractivity contribution in [2.45, 2.75) is 6.54 Å². The van der Waals surface area contributed by atoms with Crippen LogP contribution >= 0.6 is 15.9 Å². The molecule has 0 aromatic carbocycles. The Labute approximate surface area is 75.7 Å². The summed E-state index contributed by atoms with van der Waals surface area (Å²) in [5, 5.41) is 3.66. The van der Waals surface area contributed by atoms with Crippen LogP contribution in [0.15, 0.2) is 9.53 Å². The number of aromatic amines is 1. The van der Waals surface area contributed by atoms with Gasteiger partial charge in [-0.15, -0.1) is 5.10 Å². The molecular weight excluding hydrogens is 230 g/mol. The number of carbonyl (C=O) groups excluding carboxylic acids is 1. The molecule has 0 aliphatic heterocycles. The molecule has 66 valence electrons. The lowest BCUT2D eigenvalue weighted by atomic mass is 10.7. The van der Waals surface area contributed by atoms with Crippen LogP contribution in [0.1, 0.15) is 0 Å². The third-order valence-corrected chi connectivity index (χ3v) is 1.52. The average Bonchev–Trinajstić information content (AvgIpc) is 2.30. The summed E-state index contributed by atoms with van der Waals surface area (Å²) in [7, 11) is 1.25. The summed E-state index contributed by atoms with van der Waals surface area (Å²) in [6.45, 7) is -0.183. The highest BCUT2D eigenvalue weighted by molar-refractivity contribution is 9.10. The van der Waals surface area contributed by atoms with E-state index in [1.807, 2.05) is 0 Å². The zero-order valence-electron chi connectivity index (χ0n) is 6.20. The van der Waals surface area contributed by atoms with E-state index in [9.17, 15) is 9.59 Å². The van der Waals surface area contributed by atoms with Crippen molar-refractivity contribution in [1.29, 1.82) is 0 Å². The molecule has 6 nitrogen and oxygen atoms in total. The largest absolute Gasteiger partial charge is 0.468 e. The molecule has 12 heavy (non-hydrogen) atoms.